The standard InChI is InChI=1S/C13H23O8P/c1-5-11(22(16,19-7-3)20-8-4)13(15)21-18-10-9-17-12(14)6-2/h6,11H,2,5,7-10H2,1,3-4H3. The Morgan fingerprint density at radius 3 is 2.18 bits per heavy atom. The van der Waals surface area contributed by atoms with Crippen LogP contribution in [0.2, 0.25) is 0 Å². The summed E-state index contributed by atoms with van der Waals surface area (Å²) in [5, 5.41) is 0. The van der Waals surface area contributed by atoms with Crippen LogP contribution in [0.3, 0.4) is 0 Å². The Kier molecular flexibility index (Phi) is 10.7. The van der Waals surface area contributed by atoms with Gasteiger partial charge in [0.05, 0.1) is 13.2 Å². The summed E-state index contributed by atoms with van der Waals surface area (Å²) >= 11 is 0. The lowest BCUT2D eigenvalue weighted by atomic mass is 10.3. The molecule has 8 nitrogen and oxygen atoms in total. The van der Waals surface area contributed by atoms with Gasteiger partial charge < -0.3 is 13.8 Å². The van der Waals surface area contributed by atoms with E-state index in [1.807, 2.05) is 0 Å². The Labute approximate surface area is 130 Å². The highest BCUT2D eigenvalue weighted by molar-refractivity contribution is 7.55. The van der Waals surface area contributed by atoms with Crippen LogP contribution in [0.5, 0.6) is 0 Å². The molecule has 0 aliphatic heterocycles. The number of carbonyl (C=O) groups is 2. The summed E-state index contributed by atoms with van der Waals surface area (Å²) in [6.07, 6.45) is 1.20. The van der Waals surface area contributed by atoms with Gasteiger partial charge in [-0.05, 0) is 20.3 Å². The highest BCUT2D eigenvalue weighted by atomic mass is 31.2. The van der Waals surface area contributed by atoms with Gasteiger partial charge >= 0.3 is 19.5 Å². The van der Waals surface area contributed by atoms with Gasteiger partial charge in [0, 0.05) is 6.08 Å². The van der Waals surface area contributed by atoms with E-state index >= 15 is 0 Å². The Balaban J connectivity index is 4.42. The maximum atomic E-state index is 12.5. The summed E-state index contributed by atoms with van der Waals surface area (Å²) in [6, 6.07) is 0. The average Bonchev–Trinajstić information content (AvgIpc) is 2.47. The van der Waals surface area contributed by atoms with Crippen molar-refractivity contribution in [2.24, 2.45) is 0 Å². The monoisotopic (exact) mass is 338 g/mol. The van der Waals surface area contributed by atoms with Crippen molar-refractivity contribution < 1.29 is 37.7 Å². The van der Waals surface area contributed by atoms with Gasteiger partial charge in [-0.2, -0.15) is 4.89 Å². The Morgan fingerprint density at radius 2 is 1.73 bits per heavy atom. The zero-order valence-electron chi connectivity index (χ0n) is 13.1. The zero-order chi connectivity index (χ0) is 17.0. The van der Waals surface area contributed by atoms with Gasteiger partial charge in [-0.25, -0.2) is 9.59 Å². The maximum Gasteiger partial charge on any atom is 0.357 e. The molecule has 128 valence electrons. The molecule has 0 aromatic carbocycles. The van der Waals surface area contributed by atoms with Crippen molar-refractivity contribution in [1.82, 2.24) is 0 Å². The van der Waals surface area contributed by atoms with E-state index in [4.69, 9.17) is 9.05 Å². The molecule has 9 heteroatoms. The second kappa shape index (κ2) is 11.4. The van der Waals surface area contributed by atoms with Crippen molar-refractivity contribution >= 4 is 19.5 Å². The summed E-state index contributed by atoms with van der Waals surface area (Å²) in [4.78, 5) is 31.9. The molecule has 22 heavy (non-hydrogen) atoms. The van der Waals surface area contributed by atoms with E-state index < -0.39 is 25.2 Å². The van der Waals surface area contributed by atoms with Gasteiger partial charge in [0.15, 0.2) is 5.66 Å². The molecule has 0 aliphatic rings. The normalized spacial score (nSPS) is 12.5. The van der Waals surface area contributed by atoms with Crippen molar-refractivity contribution in [3.8, 4) is 0 Å². The lowest BCUT2D eigenvalue weighted by Gasteiger charge is -2.23. The van der Waals surface area contributed by atoms with E-state index in [2.05, 4.69) is 21.1 Å². The first-order chi connectivity index (χ1) is 10.4. The summed E-state index contributed by atoms with van der Waals surface area (Å²) in [7, 11) is -3.61. The number of hydrogen-bond donors (Lipinski definition) is 0. The number of ether oxygens (including phenoxy) is 1. The minimum absolute atomic E-state index is 0.108. The fourth-order valence-corrected chi connectivity index (χ4v) is 3.39. The number of rotatable bonds is 12. The summed E-state index contributed by atoms with van der Waals surface area (Å²) in [6.45, 7) is 8.19. The highest BCUT2D eigenvalue weighted by Crippen LogP contribution is 2.54. The van der Waals surface area contributed by atoms with E-state index in [1.165, 1.54) is 0 Å². The SMILES string of the molecule is C=CC(=O)OCCOOC(=O)C(CC)P(=O)(OCC)OCC. The number of carbonyl (C=O) groups excluding carboxylic acids is 2. The van der Waals surface area contributed by atoms with Gasteiger partial charge in [-0.3, -0.25) is 9.45 Å². The van der Waals surface area contributed by atoms with E-state index in [1.54, 1.807) is 20.8 Å². The first kappa shape index (κ1) is 20.8. The quantitative estimate of drug-likeness (QED) is 0.133. The molecular formula is C13H23O8P. The van der Waals surface area contributed by atoms with Gasteiger partial charge in [0.1, 0.15) is 13.2 Å². The molecule has 0 rings (SSSR count). The molecule has 0 heterocycles. The van der Waals surface area contributed by atoms with E-state index in [0.717, 1.165) is 6.08 Å². The molecule has 0 aromatic heterocycles. The first-order valence-electron chi connectivity index (χ1n) is 6.96. The molecule has 0 fully saturated rings. The van der Waals surface area contributed by atoms with Crippen LogP contribution in [0, 0.1) is 0 Å². The number of hydrogen-bond acceptors (Lipinski definition) is 8. The topological polar surface area (TPSA) is 97.4 Å². The Bertz CT molecular complexity index is 399. The second-order valence-electron chi connectivity index (χ2n) is 3.90. The molecule has 0 radical (unpaired) electrons. The predicted octanol–water partition coefficient (Wildman–Crippen LogP) is 2.24. The lowest BCUT2D eigenvalue weighted by molar-refractivity contribution is -0.275. The van der Waals surface area contributed by atoms with Crippen LogP contribution in [0.15, 0.2) is 12.7 Å². The van der Waals surface area contributed by atoms with Crippen LogP contribution < -0.4 is 0 Å². The minimum atomic E-state index is -3.61. The van der Waals surface area contributed by atoms with Crippen molar-refractivity contribution in [2.75, 3.05) is 26.4 Å². The molecule has 0 saturated heterocycles. The number of esters is 1. The molecule has 0 aromatic rings. The molecule has 1 unspecified atom stereocenters. The Morgan fingerprint density at radius 1 is 1.14 bits per heavy atom. The van der Waals surface area contributed by atoms with Crippen LogP contribution in [-0.4, -0.2) is 44.0 Å². The predicted molar refractivity (Wildman–Crippen MR) is 78.1 cm³/mol. The van der Waals surface area contributed by atoms with E-state index in [0.29, 0.717) is 0 Å². The van der Waals surface area contributed by atoms with Crippen LogP contribution in [0.4, 0.5) is 0 Å². The third kappa shape index (κ3) is 7.17. The van der Waals surface area contributed by atoms with Crippen LogP contribution in [0.25, 0.3) is 0 Å². The fourth-order valence-electron chi connectivity index (χ4n) is 1.49. The van der Waals surface area contributed by atoms with Crippen molar-refractivity contribution in [1.29, 1.82) is 0 Å². The lowest BCUT2D eigenvalue weighted by Crippen LogP contribution is -2.26. The first-order valence-corrected chi connectivity index (χ1v) is 8.57. The zero-order valence-corrected chi connectivity index (χ0v) is 14.0. The molecule has 0 bridgehead atoms. The van der Waals surface area contributed by atoms with Gasteiger partial charge in [0.2, 0.25) is 0 Å². The van der Waals surface area contributed by atoms with Gasteiger partial charge in [0.25, 0.3) is 0 Å². The molecular weight excluding hydrogens is 315 g/mol. The summed E-state index contributed by atoms with van der Waals surface area (Å²) < 4.78 is 27.4. The van der Waals surface area contributed by atoms with Gasteiger partial charge in [-0.1, -0.05) is 13.5 Å². The largest absolute Gasteiger partial charge is 0.460 e. The Hall–Kier alpha value is -1.21. The molecule has 0 aliphatic carbocycles. The smallest absolute Gasteiger partial charge is 0.357 e. The molecule has 0 N–H and O–H groups in total. The van der Waals surface area contributed by atoms with Crippen molar-refractivity contribution in [3.63, 3.8) is 0 Å². The third-order valence-electron chi connectivity index (χ3n) is 2.38. The van der Waals surface area contributed by atoms with Crippen LogP contribution in [0.1, 0.15) is 27.2 Å². The van der Waals surface area contributed by atoms with Gasteiger partial charge in [-0.15, -0.1) is 0 Å². The molecule has 0 saturated carbocycles. The van der Waals surface area contributed by atoms with Crippen molar-refractivity contribution in [3.05, 3.63) is 12.7 Å². The maximum absolute atomic E-state index is 12.5. The minimum Gasteiger partial charge on any atom is -0.460 e. The second-order valence-corrected chi connectivity index (χ2v) is 6.11. The average molecular weight is 338 g/mol. The van der Waals surface area contributed by atoms with E-state index in [-0.39, 0.29) is 32.8 Å². The molecule has 1 atom stereocenters. The van der Waals surface area contributed by atoms with E-state index in [9.17, 15) is 14.2 Å². The summed E-state index contributed by atoms with van der Waals surface area (Å²) in [5.41, 5.74) is -1.08. The van der Waals surface area contributed by atoms with Crippen LogP contribution >= 0.6 is 7.60 Å². The third-order valence-corrected chi connectivity index (χ3v) is 4.95. The van der Waals surface area contributed by atoms with Crippen LogP contribution in [-0.2, 0) is 37.7 Å². The highest BCUT2D eigenvalue weighted by Gasteiger charge is 2.41. The molecule has 0 amide bonds. The summed E-state index contributed by atoms with van der Waals surface area (Å²) in [5.74, 6) is -1.47. The molecule has 0 spiro atoms. The van der Waals surface area contributed by atoms with Crippen molar-refractivity contribution in [2.45, 2.75) is 32.9 Å². The fraction of sp³-hybridized carbons (Fsp3) is 0.692.